The highest BCUT2D eigenvalue weighted by Gasteiger charge is 2.57. The molecule has 1 aliphatic carbocycles. The van der Waals surface area contributed by atoms with E-state index in [-0.39, 0.29) is 29.1 Å². The highest BCUT2D eigenvalue weighted by atomic mass is 16.2. The number of hydrogen-bond donors (Lipinski definition) is 0. The number of carbonyl (C=O) groups excluding carboxylic acids is 2. The van der Waals surface area contributed by atoms with Crippen molar-refractivity contribution in [2.45, 2.75) is 33.2 Å². The molecule has 0 radical (unpaired) electrons. The Balaban J connectivity index is 1.85. The average molecular weight is 257 g/mol. The van der Waals surface area contributed by atoms with Crippen LogP contribution in [0.25, 0.3) is 0 Å². The fraction of sp³-hybridized carbons (Fsp3) is 0.500. The quantitative estimate of drug-likeness (QED) is 0.764. The lowest BCUT2D eigenvalue weighted by atomic mass is 9.80. The largest absolute Gasteiger partial charge is 0.278 e. The molecule has 1 aliphatic heterocycles. The Kier molecular flexibility index (Phi) is 2.73. The molecular formula is C16H19NO2. The van der Waals surface area contributed by atoms with Gasteiger partial charge in [-0.05, 0) is 23.8 Å². The van der Waals surface area contributed by atoms with E-state index in [9.17, 15) is 9.59 Å². The van der Waals surface area contributed by atoms with Gasteiger partial charge in [-0.1, -0.05) is 44.2 Å². The first-order valence-corrected chi connectivity index (χ1v) is 6.90. The Hall–Kier alpha value is -1.64. The summed E-state index contributed by atoms with van der Waals surface area (Å²) in [7, 11) is 0. The second kappa shape index (κ2) is 4.19. The van der Waals surface area contributed by atoms with Gasteiger partial charge in [-0.15, -0.1) is 0 Å². The summed E-state index contributed by atoms with van der Waals surface area (Å²) in [5, 5.41) is 0. The highest BCUT2D eigenvalue weighted by molar-refractivity contribution is 6.05. The molecule has 1 aromatic carbocycles. The van der Waals surface area contributed by atoms with E-state index in [1.54, 1.807) is 0 Å². The Morgan fingerprint density at radius 3 is 2.47 bits per heavy atom. The second-order valence-corrected chi connectivity index (χ2v) is 6.36. The number of rotatable bonds is 2. The molecule has 0 spiro atoms. The molecule has 1 saturated heterocycles. The molecule has 100 valence electrons. The van der Waals surface area contributed by atoms with Gasteiger partial charge in [0.05, 0.1) is 18.4 Å². The van der Waals surface area contributed by atoms with Crippen molar-refractivity contribution >= 4 is 11.8 Å². The van der Waals surface area contributed by atoms with Gasteiger partial charge < -0.3 is 0 Å². The molecule has 3 heteroatoms. The molecule has 0 aromatic heterocycles. The number of amides is 2. The van der Waals surface area contributed by atoms with Crippen molar-refractivity contribution in [2.24, 2.45) is 17.3 Å². The van der Waals surface area contributed by atoms with Gasteiger partial charge in [-0.3, -0.25) is 14.5 Å². The predicted molar refractivity (Wildman–Crippen MR) is 72.0 cm³/mol. The number of likely N-dealkylation sites (tertiary alicyclic amines) is 1. The van der Waals surface area contributed by atoms with Crippen molar-refractivity contribution in [1.29, 1.82) is 0 Å². The normalized spacial score (nSPS) is 28.8. The summed E-state index contributed by atoms with van der Waals surface area (Å²) in [5.74, 6) is -0.124. The van der Waals surface area contributed by atoms with Crippen molar-refractivity contribution in [1.82, 2.24) is 4.90 Å². The second-order valence-electron chi connectivity index (χ2n) is 6.36. The zero-order valence-corrected chi connectivity index (χ0v) is 11.4. The lowest BCUT2D eigenvalue weighted by Crippen LogP contribution is -2.34. The van der Waals surface area contributed by atoms with Crippen LogP contribution in [-0.2, 0) is 16.1 Å². The smallest absolute Gasteiger partial charge is 0.233 e. The number of imide groups is 1. The van der Waals surface area contributed by atoms with E-state index < -0.39 is 0 Å². The van der Waals surface area contributed by atoms with Crippen molar-refractivity contribution in [3.8, 4) is 0 Å². The van der Waals surface area contributed by atoms with E-state index in [2.05, 4.69) is 13.8 Å². The fourth-order valence-corrected chi connectivity index (χ4v) is 3.57. The third kappa shape index (κ3) is 1.88. The van der Waals surface area contributed by atoms with Crippen LogP contribution < -0.4 is 0 Å². The first kappa shape index (κ1) is 12.4. The van der Waals surface area contributed by atoms with Crippen LogP contribution in [0.3, 0.4) is 0 Å². The average Bonchev–Trinajstić information content (AvgIpc) is 2.82. The van der Waals surface area contributed by atoms with Gasteiger partial charge in [0.25, 0.3) is 0 Å². The third-order valence-electron chi connectivity index (χ3n) is 4.64. The molecule has 2 amide bonds. The van der Waals surface area contributed by atoms with E-state index in [1.165, 1.54) is 4.90 Å². The van der Waals surface area contributed by atoms with Crippen molar-refractivity contribution in [3.63, 3.8) is 0 Å². The van der Waals surface area contributed by atoms with Gasteiger partial charge in [0.1, 0.15) is 0 Å². The molecule has 3 nitrogen and oxygen atoms in total. The zero-order valence-electron chi connectivity index (χ0n) is 11.4. The van der Waals surface area contributed by atoms with Crippen LogP contribution in [0, 0.1) is 17.3 Å². The minimum Gasteiger partial charge on any atom is -0.278 e. The molecule has 2 unspecified atom stereocenters. The number of benzene rings is 1. The maximum atomic E-state index is 12.5. The van der Waals surface area contributed by atoms with Gasteiger partial charge in [0.2, 0.25) is 11.8 Å². The van der Waals surface area contributed by atoms with Gasteiger partial charge in [0, 0.05) is 0 Å². The van der Waals surface area contributed by atoms with E-state index >= 15 is 0 Å². The molecular weight excluding hydrogens is 238 g/mol. The van der Waals surface area contributed by atoms with Crippen molar-refractivity contribution < 1.29 is 9.59 Å². The first-order valence-electron chi connectivity index (χ1n) is 6.90. The topological polar surface area (TPSA) is 37.4 Å². The lowest BCUT2D eigenvalue weighted by Gasteiger charge is -2.25. The first-order chi connectivity index (χ1) is 9.00. The summed E-state index contributed by atoms with van der Waals surface area (Å²) in [6.07, 6.45) is 1.83. The monoisotopic (exact) mass is 257 g/mol. The number of nitrogens with zero attached hydrogens (tertiary/aromatic N) is 1. The predicted octanol–water partition coefficient (Wildman–Crippen LogP) is 2.61. The summed E-state index contributed by atoms with van der Waals surface area (Å²) in [6, 6.07) is 9.73. The van der Waals surface area contributed by atoms with Crippen LogP contribution in [0.1, 0.15) is 32.3 Å². The number of carbonyl (C=O) groups is 2. The molecule has 1 saturated carbocycles. The van der Waals surface area contributed by atoms with Crippen LogP contribution in [0.2, 0.25) is 0 Å². The molecule has 0 N–H and O–H groups in total. The van der Waals surface area contributed by atoms with E-state index in [0.29, 0.717) is 6.54 Å². The van der Waals surface area contributed by atoms with Gasteiger partial charge >= 0.3 is 0 Å². The third-order valence-corrected chi connectivity index (χ3v) is 4.64. The Labute approximate surface area is 113 Å². The Morgan fingerprint density at radius 2 is 1.84 bits per heavy atom. The molecule has 1 heterocycles. The molecule has 3 rings (SSSR count). The lowest BCUT2D eigenvalue weighted by molar-refractivity contribution is -0.141. The summed E-state index contributed by atoms with van der Waals surface area (Å²) in [6.45, 7) is 4.63. The Morgan fingerprint density at radius 1 is 1.16 bits per heavy atom. The number of hydrogen-bond acceptors (Lipinski definition) is 2. The van der Waals surface area contributed by atoms with Crippen molar-refractivity contribution in [2.75, 3.05) is 0 Å². The van der Waals surface area contributed by atoms with Crippen LogP contribution in [0.4, 0.5) is 0 Å². The molecule has 2 aliphatic rings. The van der Waals surface area contributed by atoms with Gasteiger partial charge in [-0.25, -0.2) is 0 Å². The van der Waals surface area contributed by atoms with E-state index in [1.807, 2.05) is 30.3 Å². The summed E-state index contributed by atoms with van der Waals surface area (Å²) < 4.78 is 0. The maximum absolute atomic E-state index is 12.5. The van der Waals surface area contributed by atoms with Gasteiger partial charge in [0.15, 0.2) is 0 Å². The molecule has 0 bridgehead atoms. The van der Waals surface area contributed by atoms with E-state index in [4.69, 9.17) is 0 Å². The van der Waals surface area contributed by atoms with Crippen LogP contribution >= 0.6 is 0 Å². The summed E-state index contributed by atoms with van der Waals surface area (Å²) in [4.78, 5) is 26.4. The Bertz CT molecular complexity index is 521. The SMILES string of the molecule is CC1(C)CCC2C(=O)N(Cc3ccccc3)C(=O)C21. The minimum atomic E-state index is -0.108. The minimum absolute atomic E-state index is 0.0290. The van der Waals surface area contributed by atoms with Crippen molar-refractivity contribution in [3.05, 3.63) is 35.9 Å². The number of fused-ring (bicyclic) bond motifs is 1. The molecule has 2 atom stereocenters. The summed E-state index contributed by atoms with van der Waals surface area (Å²) in [5.41, 5.74) is 0.977. The van der Waals surface area contributed by atoms with Gasteiger partial charge in [-0.2, -0.15) is 0 Å². The van der Waals surface area contributed by atoms with Crippen LogP contribution in [0.5, 0.6) is 0 Å². The molecule has 2 fully saturated rings. The molecule has 1 aromatic rings. The maximum Gasteiger partial charge on any atom is 0.233 e. The standard InChI is InChI=1S/C16H19NO2/c1-16(2)9-8-12-13(16)15(19)17(14(12)18)10-11-6-4-3-5-7-11/h3-7,12-13H,8-10H2,1-2H3. The van der Waals surface area contributed by atoms with Crippen LogP contribution in [-0.4, -0.2) is 16.7 Å². The highest BCUT2D eigenvalue weighted by Crippen LogP contribution is 2.51. The molecule has 19 heavy (non-hydrogen) atoms. The zero-order chi connectivity index (χ0) is 13.6. The summed E-state index contributed by atoms with van der Waals surface area (Å²) >= 11 is 0. The fourth-order valence-electron chi connectivity index (χ4n) is 3.57. The van der Waals surface area contributed by atoms with E-state index in [0.717, 1.165) is 18.4 Å². The van der Waals surface area contributed by atoms with Crippen LogP contribution in [0.15, 0.2) is 30.3 Å².